The van der Waals surface area contributed by atoms with E-state index in [1.54, 1.807) is 19.2 Å². The van der Waals surface area contributed by atoms with Crippen molar-refractivity contribution in [1.82, 2.24) is 0 Å². The van der Waals surface area contributed by atoms with Crippen molar-refractivity contribution in [3.05, 3.63) is 59.2 Å². The quantitative estimate of drug-likeness (QED) is 0.804. The van der Waals surface area contributed by atoms with Crippen LogP contribution >= 0.6 is 0 Å². The minimum absolute atomic E-state index is 0.0166. The van der Waals surface area contributed by atoms with Crippen LogP contribution in [-0.2, 0) is 4.79 Å². The van der Waals surface area contributed by atoms with Crippen molar-refractivity contribution in [1.29, 1.82) is 0 Å². The molecule has 0 saturated carbocycles. The Bertz CT molecular complexity index is 735. The maximum absolute atomic E-state index is 12.3. The first-order chi connectivity index (χ1) is 11.4. The molecule has 24 heavy (non-hydrogen) atoms. The van der Waals surface area contributed by atoms with Crippen LogP contribution in [0.5, 0.6) is 5.75 Å². The normalized spacial score (nSPS) is 11.7. The number of Topliss-reactive ketones (excluding diaryl/α,β-unsaturated/α-hetero) is 1. The molecule has 0 saturated heterocycles. The maximum Gasteiger partial charge on any atom is 0.224 e. The van der Waals surface area contributed by atoms with Gasteiger partial charge in [0.25, 0.3) is 0 Å². The van der Waals surface area contributed by atoms with Gasteiger partial charge in [-0.3, -0.25) is 9.59 Å². The lowest BCUT2D eigenvalue weighted by Gasteiger charge is -2.14. The van der Waals surface area contributed by atoms with E-state index in [-0.39, 0.29) is 17.6 Å². The summed E-state index contributed by atoms with van der Waals surface area (Å²) >= 11 is 0. The summed E-state index contributed by atoms with van der Waals surface area (Å²) in [5.74, 6) is 0.804. The number of hydrogen-bond donors (Lipinski definition) is 1. The molecular weight excluding hydrogens is 302 g/mol. The van der Waals surface area contributed by atoms with E-state index in [0.29, 0.717) is 17.7 Å². The second kappa shape index (κ2) is 7.77. The molecule has 1 amide bonds. The van der Waals surface area contributed by atoms with Crippen LogP contribution in [-0.4, -0.2) is 18.8 Å². The van der Waals surface area contributed by atoms with Gasteiger partial charge in [-0.2, -0.15) is 0 Å². The fourth-order valence-electron chi connectivity index (χ4n) is 2.51. The largest absolute Gasteiger partial charge is 0.497 e. The number of nitrogens with one attached hydrogen (secondary N) is 1. The minimum Gasteiger partial charge on any atom is -0.497 e. The van der Waals surface area contributed by atoms with Gasteiger partial charge in [-0.15, -0.1) is 0 Å². The number of anilines is 1. The number of methoxy groups -OCH3 is 1. The summed E-state index contributed by atoms with van der Waals surface area (Å²) in [6.45, 7) is 5.44. The van der Waals surface area contributed by atoms with Crippen LogP contribution in [0.4, 0.5) is 5.69 Å². The van der Waals surface area contributed by atoms with Gasteiger partial charge in [0.15, 0.2) is 5.78 Å². The number of ketones is 1. The fraction of sp³-hybridized carbons (Fsp3) is 0.300. The van der Waals surface area contributed by atoms with E-state index in [0.717, 1.165) is 16.9 Å². The Labute approximate surface area is 142 Å². The van der Waals surface area contributed by atoms with Crippen molar-refractivity contribution >= 4 is 17.4 Å². The molecule has 0 fully saturated rings. The number of hydrogen-bond acceptors (Lipinski definition) is 3. The molecule has 0 aliphatic carbocycles. The van der Waals surface area contributed by atoms with Crippen molar-refractivity contribution in [2.24, 2.45) is 0 Å². The van der Waals surface area contributed by atoms with Gasteiger partial charge in [-0.05, 0) is 49.1 Å². The van der Waals surface area contributed by atoms with E-state index in [2.05, 4.69) is 5.32 Å². The van der Waals surface area contributed by atoms with Gasteiger partial charge < -0.3 is 10.1 Å². The second-order valence-corrected chi connectivity index (χ2v) is 6.01. The Morgan fingerprint density at radius 3 is 2.38 bits per heavy atom. The first kappa shape index (κ1) is 17.7. The topological polar surface area (TPSA) is 55.4 Å². The SMILES string of the molecule is COc1ccc(C(C)CC(=O)Nc2cc(C(C)=O)ccc2C)cc1. The minimum atomic E-state index is -0.0675. The summed E-state index contributed by atoms with van der Waals surface area (Å²) in [5, 5.41) is 2.91. The van der Waals surface area contributed by atoms with Crippen LogP contribution in [0, 0.1) is 6.92 Å². The molecule has 0 bridgehead atoms. The van der Waals surface area contributed by atoms with Gasteiger partial charge in [0.1, 0.15) is 5.75 Å². The standard InChI is InChI=1S/C20H23NO3/c1-13-5-6-17(15(3)22)12-19(13)21-20(23)11-14(2)16-7-9-18(24-4)10-8-16/h5-10,12,14H,11H2,1-4H3,(H,21,23). The van der Waals surface area contributed by atoms with Crippen molar-refractivity contribution in [3.63, 3.8) is 0 Å². The van der Waals surface area contributed by atoms with Crippen molar-refractivity contribution in [2.75, 3.05) is 12.4 Å². The van der Waals surface area contributed by atoms with E-state index < -0.39 is 0 Å². The molecule has 4 nitrogen and oxygen atoms in total. The lowest BCUT2D eigenvalue weighted by molar-refractivity contribution is -0.116. The van der Waals surface area contributed by atoms with E-state index >= 15 is 0 Å². The summed E-state index contributed by atoms with van der Waals surface area (Å²) in [7, 11) is 1.63. The van der Waals surface area contributed by atoms with Gasteiger partial charge in [0, 0.05) is 17.7 Å². The third kappa shape index (κ3) is 4.44. The molecule has 2 aromatic carbocycles. The number of amides is 1. The van der Waals surface area contributed by atoms with Gasteiger partial charge in [0.05, 0.1) is 7.11 Å². The maximum atomic E-state index is 12.3. The van der Waals surface area contributed by atoms with Crippen LogP contribution in [0.2, 0.25) is 0 Å². The molecular formula is C20H23NO3. The molecule has 4 heteroatoms. The molecule has 2 rings (SSSR count). The molecule has 126 valence electrons. The first-order valence-corrected chi connectivity index (χ1v) is 7.96. The van der Waals surface area contributed by atoms with Crippen molar-refractivity contribution < 1.29 is 14.3 Å². The molecule has 2 aromatic rings. The molecule has 1 N–H and O–H groups in total. The molecule has 1 atom stereocenters. The molecule has 0 aliphatic heterocycles. The van der Waals surface area contributed by atoms with Gasteiger partial charge in [-0.25, -0.2) is 0 Å². The highest BCUT2D eigenvalue weighted by molar-refractivity contribution is 5.97. The molecule has 0 aliphatic rings. The van der Waals surface area contributed by atoms with Gasteiger partial charge in [-0.1, -0.05) is 31.2 Å². The highest BCUT2D eigenvalue weighted by atomic mass is 16.5. The van der Waals surface area contributed by atoms with E-state index in [1.165, 1.54) is 6.92 Å². The van der Waals surface area contributed by atoms with Crippen LogP contribution < -0.4 is 10.1 Å². The van der Waals surface area contributed by atoms with Gasteiger partial charge in [0.2, 0.25) is 5.91 Å². The Morgan fingerprint density at radius 1 is 1.12 bits per heavy atom. The number of carbonyl (C=O) groups is 2. The monoisotopic (exact) mass is 325 g/mol. The molecule has 0 heterocycles. The zero-order valence-corrected chi connectivity index (χ0v) is 14.6. The average Bonchev–Trinajstić information content (AvgIpc) is 2.56. The fourth-order valence-corrected chi connectivity index (χ4v) is 2.51. The zero-order chi connectivity index (χ0) is 17.7. The van der Waals surface area contributed by atoms with Crippen molar-refractivity contribution in [3.8, 4) is 5.75 Å². The van der Waals surface area contributed by atoms with E-state index in [9.17, 15) is 9.59 Å². The Hall–Kier alpha value is -2.62. The highest BCUT2D eigenvalue weighted by Gasteiger charge is 2.13. The third-order valence-electron chi connectivity index (χ3n) is 4.09. The van der Waals surface area contributed by atoms with Crippen LogP contribution in [0.1, 0.15) is 47.7 Å². The van der Waals surface area contributed by atoms with Crippen LogP contribution in [0.15, 0.2) is 42.5 Å². The smallest absolute Gasteiger partial charge is 0.224 e. The average molecular weight is 325 g/mol. The zero-order valence-electron chi connectivity index (χ0n) is 14.6. The molecule has 0 aromatic heterocycles. The summed E-state index contributed by atoms with van der Waals surface area (Å²) in [4.78, 5) is 23.8. The van der Waals surface area contributed by atoms with E-state index in [1.807, 2.05) is 44.2 Å². The summed E-state index contributed by atoms with van der Waals surface area (Å²) in [6.07, 6.45) is 0.371. The molecule has 0 radical (unpaired) electrons. The Balaban J connectivity index is 2.04. The number of carbonyl (C=O) groups excluding carboxylic acids is 2. The predicted octanol–water partition coefficient (Wildman–Crippen LogP) is 4.34. The summed E-state index contributed by atoms with van der Waals surface area (Å²) in [6, 6.07) is 13.1. The number of ether oxygens (including phenoxy) is 1. The van der Waals surface area contributed by atoms with E-state index in [4.69, 9.17) is 4.74 Å². The Kier molecular flexibility index (Phi) is 5.74. The highest BCUT2D eigenvalue weighted by Crippen LogP contribution is 2.23. The van der Waals surface area contributed by atoms with Crippen LogP contribution in [0.3, 0.4) is 0 Å². The van der Waals surface area contributed by atoms with Crippen LogP contribution in [0.25, 0.3) is 0 Å². The molecule has 1 unspecified atom stereocenters. The lowest BCUT2D eigenvalue weighted by atomic mass is 9.97. The lowest BCUT2D eigenvalue weighted by Crippen LogP contribution is -2.15. The third-order valence-corrected chi connectivity index (χ3v) is 4.09. The predicted molar refractivity (Wildman–Crippen MR) is 95.8 cm³/mol. The number of benzene rings is 2. The molecule has 0 spiro atoms. The number of rotatable bonds is 6. The Morgan fingerprint density at radius 2 is 1.79 bits per heavy atom. The number of aryl methyl sites for hydroxylation is 1. The second-order valence-electron chi connectivity index (χ2n) is 6.01. The van der Waals surface area contributed by atoms with Crippen molar-refractivity contribution in [2.45, 2.75) is 33.1 Å². The van der Waals surface area contributed by atoms with Gasteiger partial charge >= 0.3 is 0 Å². The summed E-state index contributed by atoms with van der Waals surface area (Å²) < 4.78 is 5.15. The summed E-state index contributed by atoms with van der Waals surface area (Å²) in [5.41, 5.74) is 3.30. The first-order valence-electron chi connectivity index (χ1n) is 7.96.